The number of nitrogens with one attached hydrogen (secondary N) is 1. The van der Waals surface area contributed by atoms with Crippen molar-refractivity contribution in [1.29, 1.82) is 0 Å². The smallest absolute Gasteiger partial charge is 0.229 e. The van der Waals surface area contributed by atoms with E-state index in [0.717, 1.165) is 11.9 Å². The average molecular weight is 236 g/mol. The Bertz CT molecular complexity index is 574. The van der Waals surface area contributed by atoms with Crippen molar-refractivity contribution in [3.05, 3.63) is 48.8 Å². The van der Waals surface area contributed by atoms with Crippen LogP contribution in [-0.2, 0) is 10.0 Å². The van der Waals surface area contributed by atoms with Gasteiger partial charge in [-0.1, -0.05) is 12.1 Å². The molecule has 0 spiro atoms. The van der Waals surface area contributed by atoms with Crippen LogP contribution in [0.3, 0.4) is 0 Å². The standard InChI is InChI=1S/C11H12N2O2S/c1-16(14,15)12-10-6-2-3-7-11(10)13-8-4-5-9-13/h2-9,12H,1H3. The predicted molar refractivity (Wildman–Crippen MR) is 64.2 cm³/mol. The van der Waals surface area contributed by atoms with Gasteiger partial charge in [-0.15, -0.1) is 0 Å². The fourth-order valence-electron chi connectivity index (χ4n) is 1.48. The molecule has 1 heterocycles. The van der Waals surface area contributed by atoms with Crippen LogP contribution in [-0.4, -0.2) is 19.2 Å². The molecule has 0 saturated heterocycles. The van der Waals surface area contributed by atoms with Crippen LogP contribution in [0.4, 0.5) is 5.69 Å². The van der Waals surface area contributed by atoms with Gasteiger partial charge in [0, 0.05) is 12.4 Å². The predicted octanol–water partition coefficient (Wildman–Crippen LogP) is 1.85. The van der Waals surface area contributed by atoms with E-state index in [4.69, 9.17) is 0 Å². The highest BCUT2D eigenvalue weighted by molar-refractivity contribution is 7.92. The zero-order valence-electron chi connectivity index (χ0n) is 8.79. The van der Waals surface area contributed by atoms with Crippen molar-refractivity contribution in [3.8, 4) is 5.69 Å². The molecule has 0 atom stereocenters. The van der Waals surface area contributed by atoms with Gasteiger partial charge in [-0.2, -0.15) is 0 Å². The van der Waals surface area contributed by atoms with Crippen LogP contribution in [0.5, 0.6) is 0 Å². The fourth-order valence-corrected chi connectivity index (χ4v) is 2.05. The van der Waals surface area contributed by atoms with Crippen LogP contribution >= 0.6 is 0 Å². The van der Waals surface area contributed by atoms with Gasteiger partial charge in [0.1, 0.15) is 0 Å². The number of nitrogens with zero attached hydrogens (tertiary/aromatic N) is 1. The number of aromatic nitrogens is 1. The fraction of sp³-hybridized carbons (Fsp3) is 0.0909. The molecule has 0 aliphatic rings. The van der Waals surface area contributed by atoms with Crippen molar-refractivity contribution < 1.29 is 8.42 Å². The second kappa shape index (κ2) is 4.02. The molecule has 2 rings (SSSR count). The summed E-state index contributed by atoms with van der Waals surface area (Å²) in [6, 6.07) is 11.0. The minimum absolute atomic E-state index is 0.571. The van der Waals surface area contributed by atoms with Gasteiger partial charge in [-0.3, -0.25) is 4.72 Å². The third-order valence-electron chi connectivity index (χ3n) is 2.08. The van der Waals surface area contributed by atoms with Crippen molar-refractivity contribution >= 4 is 15.7 Å². The zero-order valence-corrected chi connectivity index (χ0v) is 9.61. The van der Waals surface area contributed by atoms with Crippen molar-refractivity contribution in [2.45, 2.75) is 0 Å². The summed E-state index contributed by atoms with van der Waals surface area (Å²) in [5.74, 6) is 0. The van der Waals surface area contributed by atoms with Crippen molar-refractivity contribution in [1.82, 2.24) is 4.57 Å². The lowest BCUT2D eigenvalue weighted by molar-refractivity contribution is 0.607. The van der Waals surface area contributed by atoms with Gasteiger partial charge in [-0.25, -0.2) is 8.42 Å². The molecule has 0 bridgehead atoms. The van der Waals surface area contributed by atoms with E-state index in [-0.39, 0.29) is 0 Å². The summed E-state index contributed by atoms with van der Waals surface area (Å²) in [7, 11) is -3.25. The summed E-state index contributed by atoms with van der Waals surface area (Å²) in [4.78, 5) is 0. The van der Waals surface area contributed by atoms with Crippen molar-refractivity contribution in [2.75, 3.05) is 11.0 Å². The zero-order chi connectivity index (χ0) is 11.6. The van der Waals surface area contributed by atoms with Gasteiger partial charge in [0.15, 0.2) is 0 Å². The molecule has 4 nitrogen and oxygen atoms in total. The van der Waals surface area contributed by atoms with Crippen LogP contribution in [0, 0.1) is 0 Å². The summed E-state index contributed by atoms with van der Waals surface area (Å²) in [6.45, 7) is 0. The Morgan fingerprint density at radius 2 is 1.69 bits per heavy atom. The lowest BCUT2D eigenvalue weighted by Gasteiger charge is -2.11. The lowest BCUT2D eigenvalue weighted by atomic mass is 10.3. The monoisotopic (exact) mass is 236 g/mol. The average Bonchev–Trinajstić information content (AvgIpc) is 2.69. The molecule has 0 unspecified atom stereocenters. The van der Waals surface area contributed by atoms with E-state index in [0.29, 0.717) is 5.69 Å². The molecule has 16 heavy (non-hydrogen) atoms. The first-order valence-electron chi connectivity index (χ1n) is 4.76. The summed E-state index contributed by atoms with van der Waals surface area (Å²) < 4.78 is 26.7. The summed E-state index contributed by atoms with van der Waals surface area (Å²) in [5.41, 5.74) is 1.37. The van der Waals surface area contributed by atoms with Gasteiger partial charge >= 0.3 is 0 Å². The highest BCUT2D eigenvalue weighted by atomic mass is 32.2. The minimum Gasteiger partial charge on any atom is -0.322 e. The highest BCUT2D eigenvalue weighted by Gasteiger charge is 2.07. The van der Waals surface area contributed by atoms with E-state index in [2.05, 4.69) is 4.72 Å². The first-order chi connectivity index (χ1) is 7.56. The molecular formula is C11H12N2O2S. The molecule has 84 valence electrons. The molecule has 0 aliphatic heterocycles. The van der Waals surface area contributed by atoms with E-state index in [1.807, 2.05) is 41.2 Å². The number of anilines is 1. The third kappa shape index (κ3) is 2.43. The topological polar surface area (TPSA) is 51.1 Å². The maximum atomic E-state index is 11.2. The molecule has 0 fully saturated rings. The molecule has 0 amide bonds. The number of hydrogen-bond acceptors (Lipinski definition) is 2. The second-order valence-corrected chi connectivity index (χ2v) is 5.23. The van der Waals surface area contributed by atoms with Crippen LogP contribution in [0.2, 0.25) is 0 Å². The number of sulfonamides is 1. The lowest BCUT2D eigenvalue weighted by Crippen LogP contribution is -2.11. The molecule has 0 aliphatic carbocycles. The minimum atomic E-state index is -3.25. The Kier molecular flexibility index (Phi) is 2.70. The SMILES string of the molecule is CS(=O)(=O)Nc1ccccc1-n1cccc1. The van der Waals surface area contributed by atoms with Gasteiger partial charge in [0.05, 0.1) is 17.6 Å². The normalized spacial score (nSPS) is 11.3. The van der Waals surface area contributed by atoms with E-state index in [1.165, 1.54) is 0 Å². The van der Waals surface area contributed by atoms with E-state index in [1.54, 1.807) is 12.1 Å². The summed E-state index contributed by atoms with van der Waals surface area (Å²) >= 11 is 0. The molecular weight excluding hydrogens is 224 g/mol. The van der Waals surface area contributed by atoms with Gasteiger partial charge < -0.3 is 4.57 Å². The Morgan fingerprint density at radius 3 is 2.31 bits per heavy atom. The number of rotatable bonds is 3. The van der Waals surface area contributed by atoms with Crippen molar-refractivity contribution in [2.24, 2.45) is 0 Å². The summed E-state index contributed by atoms with van der Waals surface area (Å²) in [5, 5.41) is 0. The van der Waals surface area contributed by atoms with Crippen LogP contribution in [0.25, 0.3) is 5.69 Å². The highest BCUT2D eigenvalue weighted by Crippen LogP contribution is 2.20. The van der Waals surface area contributed by atoms with Gasteiger partial charge in [0.2, 0.25) is 10.0 Å². The van der Waals surface area contributed by atoms with Crippen molar-refractivity contribution in [3.63, 3.8) is 0 Å². The molecule has 0 radical (unpaired) electrons. The molecule has 1 aromatic heterocycles. The van der Waals surface area contributed by atoms with Crippen LogP contribution < -0.4 is 4.72 Å². The molecule has 5 heteroatoms. The second-order valence-electron chi connectivity index (χ2n) is 3.48. The first-order valence-corrected chi connectivity index (χ1v) is 6.65. The Labute approximate surface area is 94.6 Å². The van der Waals surface area contributed by atoms with Crippen LogP contribution in [0.15, 0.2) is 48.8 Å². The maximum absolute atomic E-state index is 11.2. The molecule has 2 aromatic rings. The molecule has 0 saturated carbocycles. The Balaban J connectivity index is 2.47. The van der Waals surface area contributed by atoms with E-state index in [9.17, 15) is 8.42 Å². The Hall–Kier alpha value is -1.75. The maximum Gasteiger partial charge on any atom is 0.229 e. The van der Waals surface area contributed by atoms with Gasteiger partial charge in [0.25, 0.3) is 0 Å². The third-order valence-corrected chi connectivity index (χ3v) is 2.67. The number of hydrogen-bond donors (Lipinski definition) is 1. The molecule has 1 aromatic carbocycles. The van der Waals surface area contributed by atoms with E-state index < -0.39 is 10.0 Å². The van der Waals surface area contributed by atoms with Gasteiger partial charge in [-0.05, 0) is 24.3 Å². The largest absolute Gasteiger partial charge is 0.322 e. The number of para-hydroxylation sites is 2. The molecule has 1 N–H and O–H groups in total. The quantitative estimate of drug-likeness (QED) is 0.884. The Morgan fingerprint density at radius 1 is 1.06 bits per heavy atom. The van der Waals surface area contributed by atoms with E-state index >= 15 is 0 Å². The number of benzene rings is 1. The summed E-state index contributed by atoms with van der Waals surface area (Å²) in [6.07, 6.45) is 4.87. The van der Waals surface area contributed by atoms with Crippen LogP contribution in [0.1, 0.15) is 0 Å². The first kappa shape index (κ1) is 10.8.